The number of benzene rings is 1. The van der Waals surface area contributed by atoms with E-state index in [-0.39, 0.29) is 17.2 Å². The number of nitrogens with one attached hydrogen (secondary N) is 1. The van der Waals surface area contributed by atoms with Gasteiger partial charge in [0.25, 0.3) is 5.91 Å². The minimum absolute atomic E-state index is 0.0511. The van der Waals surface area contributed by atoms with Gasteiger partial charge in [-0.25, -0.2) is 0 Å². The second-order valence-corrected chi connectivity index (χ2v) is 4.44. The minimum Gasteiger partial charge on any atom is -0.361 e. The van der Waals surface area contributed by atoms with Gasteiger partial charge in [0.15, 0.2) is 6.19 Å². The van der Waals surface area contributed by atoms with Crippen LogP contribution in [0, 0.1) is 23.8 Å². The predicted molar refractivity (Wildman–Crippen MR) is 72.6 cm³/mol. The van der Waals surface area contributed by atoms with E-state index in [9.17, 15) is 4.79 Å². The fourth-order valence-electron chi connectivity index (χ4n) is 1.33. The van der Waals surface area contributed by atoms with E-state index in [1.807, 2.05) is 5.32 Å². The Morgan fingerprint density at radius 1 is 1.58 bits per heavy atom. The number of carbonyl (C=O) groups excluding carboxylic acids is 1. The van der Waals surface area contributed by atoms with Crippen LogP contribution in [0.15, 0.2) is 12.1 Å². The number of halogens is 2. The van der Waals surface area contributed by atoms with Crippen molar-refractivity contribution < 1.29 is 9.53 Å². The van der Waals surface area contributed by atoms with Crippen molar-refractivity contribution in [2.45, 2.75) is 19.6 Å². The summed E-state index contributed by atoms with van der Waals surface area (Å²) in [5.74, 6) is 1.80. The van der Waals surface area contributed by atoms with Crippen molar-refractivity contribution in [1.29, 1.82) is 5.26 Å². The smallest absolute Gasteiger partial charge is 0.264 e. The average Bonchev–Trinajstić information content (AvgIpc) is 2.36. The van der Waals surface area contributed by atoms with Crippen molar-refractivity contribution in [3.8, 4) is 18.5 Å². The second kappa shape index (κ2) is 7.01. The fourth-order valence-corrected chi connectivity index (χ4v) is 1.88. The Morgan fingerprint density at radius 2 is 2.26 bits per heavy atom. The number of amides is 1. The van der Waals surface area contributed by atoms with Crippen molar-refractivity contribution in [3.05, 3.63) is 33.3 Å². The van der Waals surface area contributed by atoms with Gasteiger partial charge < -0.3 is 4.74 Å². The summed E-state index contributed by atoms with van der Waals surface area (Å²) in [4.78, 5) is 11.7. The summed E-state index contributed by atoms with van der Waals surface area (Å²) in [5, 5.41) is 11.1. The van der Waals surface area contributed by atoms with Crippen molar-refractivity contribution >= 4 is 29.1 Å². The molecule has 0 aliphatic carbocycles. The first kappa shape index (κ1) is 15.3. The number of nitriles is 1. The average molecular weight is 297 g/mol. The summed E-state index contributed by atoms with van der Waals surface area (Å²) in [6.45, 7) is 1.74. The molecule has 0 radical (unpaired) electrons. The number of terminal acetylenes is 1. The Balaban J connectivity index is 3.11. The summed E-state index contributed by atoms with van der Waals surface area (Å²) >= 11 is 11.9. The van der Waals surface area contributed by atoms with Gasteiger partial charge in [0.2, 0.25) is 0 Å². The lowest BCUT2D eigenvalue weighted by molar-refractivity contribution is 0.0868. The summed E-state index contributed by atoms with van der Waals surface area (Å²) in [7, 11) is 0. The van der Waals surface area contributed by atoms with E-state index in [0.717, 1.165) is 0 Å². The summed E-state index contributed by atoms with van der Waals surface area (Å²) in [6.07, 6.45) is 6.32. The third-order valence-corrected chi connectivity index (χ3v) is 2.84. The van der Waals surface area contributed by atoms with Crippen LogP contribution in [0.1, 0.15) is 22.8 Å². The highest BCUT2D eigenvalue weighted by atomic mass is 35.5. The van der Waals surface area contributed by atoms with E-state index >= 15 is 0 Å². The quantitative estimate of drug-likeness (QED) is 0.528. The van der Waals surface area contributed by atoms with Crippen LogP contribution in [-0.2, 0) is 11.3 Å². The first-order valence-electron chi connectivity index (χ1n) is 5.24. The van der Waals surface area contributed by atoms with E-state index in [2.05, 4.69) is 5.92 Å². The van der Waals surface area contributed by atoms with Crippen LogP contribution < -0.4 is 5.32 Å². The van der Waals surface area contributed by atoms with Gasteiger partial charge >= 0.3 is 0 Å². The van der Waals surface area contributed by atoms with Gasteiger partial charge in [0, 0.05) is 21.2 Å². The SMILES string of the molecule is C#CC(C)OCc1c(Cl)cc(Cl)cc1C(=O)NC#N. The molecule has 0 aliphatic heterocycles. The third kappa shape index (κ3) is 4.15. The Morgan fingerprint density at radius 3 is 2.84 bits per heavy atom. The number of hydrogen-bond donors (Lipinski definition) is 1. The molecule has 0 saturated carbocycles. The molecule has 98 valence electrons. The molecule has 1 atom stereocenters. The number of ether oxygens (including phenoxy) is 1. The lowest BCUT2D eigenvalue weighted by atomic mass is 10.1. The Bertz CT molecular complexity index is 573. The summed E-state index contributed by atoms with van der Waals surface area (Å²) < 4.78 is 5.34. The van der Waals surface area contributed by atoms with Gasteiger partial charge in [-0.3, -0.25) is 10.1 Å². The van der Waals surface area contributed by atoms with Gasteiger partial charge in [-0.15, -0.1) is 6.42 Å². The van der Waals surface area contributed by atoms with Crippen LogP contribution in [0.4, 0.5) is 0 Å². The molecule has 1 N–H and O–H groups in total. The maximum Gasteiger partial charge on any atom is 0.264 e. The van der Waals surface area contributed by atoms with Crippen LogP contribution in [0.5, 0.6) is 0 Å². The first-order valence-corrected chi connectivity index (χ1v) is 6.00. The van der Waals surface area contributed by atoms with E-state index in [0.29, 0.717) is 10.6 Å². The first-order chi connectivity index (χ1) is 8.99. The Kier molecular flexibility index (Phi) is 5.66. The maximum atomic E-state index is 11.7. The Labute approximate surface area is 121 Å². The molecular formula is C13H10Cl2N2O2. The van der Waals surface area contributed by atoms with Crippen molar-refractivity contribution in [1.82, 2.24) is 5.32 Å². The molecule has 1 unspecified atom stereocenters. The topological polar surface area (TPSA) is 62.1 Å². The lowest BCUT2D eigenvalue weighted by Crippen LogP contribution is -2.20. The number of carbonyl (C=O) groups is 1. The highest BCUT2D eigenvalue weighted by Gasteiger charge is 2.16. The zero-order valence-corrected chi connectivity index (χ0v) is 11.5. The molecular weight excluding hydrogens is 287 g/mol. The molecule has 0 heterocycles. The molecule has 19 heavy (non-hydrogen) atoms. The second-order valence-electron chi connectivity index (χ2n) is 3.60. The molecule has 0 fully saturated rings. The van der Waals surface area contributed by atoms with E-state index in [1.54, 1.807) is 13.1 Å². The highest BCUT2D eigenvalue weighted by molar-refractivity contribution is 6.35. The molecule has 1 rings (SSSR count). The molecule has 0 spiro atoms. The predicted octanol–water partition coefficient (Wildman–Crippen LogP) is 2.74. The Hall–Kier alpha value is -1.72. The zero-order chi connectivity index (χ0) is 14.4. The fraction of sp³-hybridized carbons (Fsp3) is 0.231. The van der Waals surface area contributed by atoms with E-state index in [4.69, 9.17) is 39.6 Å². The normalized spacial score (nSPS) is 11.2. The molecule has 0 aliphatic rings. The number of nitrogens with zero attached hydrogens (tertiary/aromatic N) is 1. The maximum absolute atomic E-state index is 11.7. The van der Waals surface area contributed by atoms with Crippen LogP contribution in [-0.4, -0.2) is 12.0 Å². The van der Waals surface area contributed by atoms with Crippen molar-refractivity contribution in [2.75, 3.05) is 0 Å². The lowest BCUT2D eigenvalue weighted by Gasteiger charge is -2.12. The van der Waals surface area contributed by atoms with Crippen molar-refractivity contribution in [2.24, 2.45) is 0 Å². The van der Waals surface area contributed by atoms with Crippen LogP contribution in [0.25, 0.3) is 0 Å². The molecule has 0 aromatic heterocycles. The largest absolute Gasteiger partial charge is 0.361 e. The van der Waals surface area contributed by atoms with Gasteiger partial charge in [-0.1, -0.05) is 29.1 Å². The van der Waals surface area contributed by atoms with Crippen LogP contribution >= 0.6 is 23.2 Å². The van der Waals surface area contributed by atoms with Gasteiger partial charge in [-0.05, 0) is 19.1 Å². The molecule has 0 saturated heterocycles. The van der Waals surface area contributed by atoms with E-state index in [1.165, 1.54) is 12.1 Å². The van der Waals surface area contributed by atoms with E-state index < -0.39 is 12.0 Å². The standard InChI is InChI=1S/C13H10Cl2N2O2/c1-3-8(2)19-6-11-10(13(18)17-7-16)4-9(14)5-12(11)15/h1,4-5,8H,6H2,2H3,(H,17,18). The number of hydrogen-bond acceptors (Lipinski definition) is 3. The van der Waals surface area contributed by atoms with Gasteiger partial charge in [0.1, 0.15) is 6.10 Å². The molecule has 6 heteroatoms. The van der Waals surface area contributed by atoms with Gasteiger partial charge in [-0.2, -0.15) is 5.26 Å². The number of rotatable bonds is 4. The molecule has 1 amide bonds. The highest BCUT2D eigenvalue weighted by Crippen LogP contribution is 2.26. The molecule has 1 aromatic carbocycles. The van der Waals surface area contributed by atoms with Crippen LogP contribution in [0.3, 0.4) is 0 Å². The molecule has 1 aromatic rings. The molecule has 0 bridgehead atoms. The molecule has 4 nitrogen and oxygen atoms in total. The summed E-state index contributed by atoms with van der Waals surface area (Å²) in [6, 6.07) is 2.91. The minimum atomic E-state index is -0.598. The monoisotopic (exact) mass is 296 g/mol. The van der Waals surface area contributed by atoms with Crippen LogP contribution in [0.2, 0.25) is 10.0 Å². The van der Waals surface area contributed by atoms with Gasteiger partial charge in [0.05, 0.1) is 6.61 Å². The van der Waals surface area contributed by atoms with Crippen molar-refractivity contribution in [3.63, 3.8) is 0 Å². The zero-order valence-electron chi connectivity index (χ0n) is 10.0. The third-order valence-electron chi connectivity index (χ3n) is 2.29. The summed E-state index contributed by atoms with van der Waals surface area (Å²) in [5.41, 5.74) is 0.615.